The predicted octanol–water partition coefficient (Wildman–Crippen LogP) is 3.26. The van der Waals surface area contributed by atoms with Crippen LogP contribution in [0.1, 0.15) is 32.9 Å². The van der Waals surface area contributed by atoms with Crippen LogP contribution >= 0.6 is 0 Å². The Morgan fingerprint density at radius 1 is 1.24 bits per heavy atom. The lowest BCUT2D eigenvalue weighted by Gasteiger charge is -2.20. The van der Waals surface area contributed by atoms with E-state index in [-0.39, 0.29) is 11.4 Å². The van der Waals surface area contributed by atoms with Gasteiger partial charge in [0.2, 0.25) is 5.91 Å². The van der Waals surface area contributed by atoms with E-state index in [0.29, 0.717) is 13.0 Å². The lowest BCUT2D eigenvalue weighted by molar-refractivity contribution is -0.122. The number of aromatic nitrogens is 1. The maximum absolute atomic E-state index is 11.8. The van der Waals surface area contributed by atoms with Crippen LogP contribution in [0.4, 0.5) is 5.69 Å². The van der Waals surface area contributed by atoms with E-state index in [2.05, 4.69) is 15.6 Å². The molecule has 2 rings (SSSR count). The molecule has 0 fully saturated rings. The number of hydrogen-bond acceptors (Lipinski definition) is 3. The van der Waals surface area contributed by atoms with Gasteiger partial charge in [-0.05, 0) is 39.8 Å². The molecular formula is C17H23N3O. The van der Waals surface area contributed by atoms with Crippen LogP contribution in [0.5, 0.6) is 0 Å². The maximum atomic E-state index is 11.8. The van der Waals surface area contributed by atoms with Crippen molar-refractivity contribution in [3.8, 4) is 0 Å². The number of carbonyl (C=O) groups is 1. The minimum absolute atomic E-state index is 0.0603. The quantitative estimate of drug-likeness (QED) is 0.906. The summed E-state index contributed by atoms with van der Waals surface area (Å²) in [7, 11) is 0. The molecule has 4 nitrogen and oxygen atoms in total. The smallest absolute Gasteiger partial charge is 0.222 e. The molecule has 0 bridgehead atoms. The maximum Gasteiger partial charge on any atom is 0.222 e. The van der Waals surface area contributed by atoms with E-state index in [0.717, 1.165) is 22.3 Å². The number of pyridine rings is 1. The molecule has 0 aliphatic carbocycles. The van der Waals surface area contributed by atoms with Gasteiger partial charge in [-0.15, -0.1) is 0 Å². The highest BCUT2D eigenvalue weighted by Crippen LogP contribution is 2.22. The van der Waals surface area contributed by atoms with Crippen LogP contribution in [0.15, 0.2) is 30.3 Å². The molecule has 0 saturated heterocycles. The molecule has 0 saturated carbocycles. The predicted molar refractivity (Wildman–Crippen MR) is 87.5 cm³/mol. The highest BCUT2D eigenvalue weighted by Gasteiger charge is 2.13. The van der Waals surface area contributed by atoms with E-state index in [4.69, 9.17) is 0 Å². The number of nitrogens with one attached hydrogen (secondary N) is 2. The molecule has 1 aromatic carbocycles. The first-order valence-corrected chi connectivity index (χ1v) is 7.26. The minimum Gasteiger partial charge on any atom is -0.384 e. The van der Waals surface area contributed by atoms with Crippen molar-refractivity contribution in [2.45, 2.75) is 39.7 Å². The second kappa shape index (κ2) is 6.12. The molecule has 1 heterocycles. The number of para-hydroxylation sites is 1. The lowest BCUT2D eigenvalue weighted by atomic mass is 10.1. The molecule has 0 atom stereocenters. The normalized spacial score (nSPS) is 11.4. The molecule has 1 aromatic heterocycles. The summed E-state index contributed by atoms with van der Waals surface area (Å²) in [5.41, 5.74) is 2.79. The number of fused-ring (bicyclic) bond motifs is 1. The molecule has 21 heavy (non-hydrogen) atoms. The second-order valence-electron chi connectivity index (χ2n) is 6.30. The van der Waals surface area contributed by atoms with Crippen molar-refractivity contribution in [2.24, 2.45) is 0 Å². The molecule has 112 valence electrons. The first-order chi connectivity index (χ1) is 9.85. The summed E-state index contributed by atoms with van der Waals surface area (Å²) in [5.74, 6) is 0.0603. The summed E-state index contributed by atoms with van der Waals surface area (Å²) in [5, 5.41) is 7.39. The third-order valence-electron chi connectivity index (χ3n) is 3.03. The number of carbonyl (C=O) groups excluding carboxylic acids is 1. The van der Waals surface area contributed by atoms with Crippen LogP contribution in [0.25, 0.3) is 10.9 Å². The van der Waals surface area contributed by atoms with Gasteiger partial charge in [0.25, 0.3) is 0 Å². The fourth-order valence-corrected chi connectivity index (χ4v) is 2.25. The highest BCUT2D eigenvalue weighted by molar-refractivity contribution is 5.91. The monoisotopic (exact) mass is 285 g/mol. The largest absolute Gasteiger partial charge is 0.384 e. The van der Waals surface area contributed by atoms with Crippen LogP contribution in [-0.2, 0) is 4.79 Å². The Morgan fingerprint density at radius 2 is 1.95 bits per heavy atom. The van der Waals surface area contributed by atoms with Crippen LogP contribution in [-0.4, -0.2) is 23.0 Å². The zero-order chi connectivity index (χ0) is 15.5. The van der Waals surface area contributed by atoms with Gasteiger partial charge in [0.1, 0.15) is 0 Å². The van der Waals surface area contributed by atoms with Gasteiger partial charge >= 0.3 is 0 Å². The van der Waals surface area contributed by atoms with Gasteiger partial charge in [-0.2, -0.15) is 0 Å². The Hall–Kier alpha value is -2.10. The van der Waals surface area contributed by atoms with E-state index < -0.39 is 0 Å². The van der Waals surface area contributed by atoms with E-state index in [1.165, 1.54) is 0 Å². The van der Waals surface area contributed by atoms with Gasteiger partial charge in [0.15, 0.2) is 0 Å². The van der Waals surface area contributed by atoms with Crippen LogP contribution < -0.4 is 10.6 Å². The SMILES string of the molecule is Cc1cc(NCCC(=O)NC(C)(C)C)c2ccccc2n1. The summed E-state index contributed by atoms with van der Waals surface area (Å²) >= 11 is 0. The number of aryl methyl sites for hydroxylation is 1. The average molecular weight is 285 g/mol. The number of nitrogens with zero attached hydrogens (tertiary/aromatic N) is 1. The Bertz CT molecular complexity index is 644. The molecule has 2 aromatic rings. The van der Waals surface area contributed by atoms with E-state index >= 15 is 0 Å². The molecule has 0 aliphatic heterocycles. The van der Waals surface area contributed by atoms with Crippen molar-refractivity contribution < 1.29 is 4.79 Å². The molecule has 0 unspecified atom stereocenters. The summed E-state index contributed by atoms with van der Waals surface area (Å²) in [6.07, 6.45) is 0.451. The molecular weight excluding hydrogens is 262 g/mol. The van der Waals surface area contributed by atoms with Gasteiger partial charge in [0, 0.05) is 35.3 Å². The van der Waals surface area contributed by atoms with Crippen LogP contribution in [0, 0.1) is 6.92 Å². The molecule has 0 spiro atoms. The summed E-state index contributed by atoms with van der Waals surface area (Å²) in [6.45, 7) is 8.54. The van der Waals surface area contributed by atoms with Crippen LogP contribution in [0.3, 0.4) is 0 Å². The number of anilines is 1. The van der Waals surface area contributed by atoms with E-state index in [1.54, 1.807) is 0 Å². The first-order valence-electron chi connectivity index (χ1n) is 7.26. The highest BCUT2D eigenvalue weighted by atomic mass is 16.1. The standard InChI is InChI=1S/C17H23N3O/c1-12-11-15(13-7-5-6-8-14(13)19-12)18-10-9-16(21)20-17(2,3)4/h5-8,11H,9-10H2,1-4H3,(H,18,19)(H,20,21). The average Bonchev–Trinajstić information content (AvgIpc) is 2.36. The zero-order valence-electron chi connectivity index (χ0n) is 13.2. The minimum atomic E-state index is -0.183. The fraction of sp³-hybridized carbons (Fsp3) is 0.412. The Morgan fingerprint density at radius 3 is 2.67 bits per heavy atom. The van der Waals surface area contributed by atoms with Crippen molar-refractivity contribution in [1.82, 2.24) is 10.3 Å². The molecule has 2 N–H and O–H groups in total. The number of amides is 1. The fourth-order valence-electron chi connectivity index (χ4n) is 2.25. The van der Waals surface area contributed by atoms with Crippen molar-refractivity contribution in [2.75, 3.05) is 11.9 Å². The van der Waals surface area contributed by atoms with Crippen molar-refractivity contribution in [3.05, 3.63) is 36.0 Å². The lowest BCUT2D eigenvalue weighted by Crippen LogP contribution is -2.41. The summed E-state index contributed by atoms with van der Waals surface area (Å²) in [4.78, 5) is 16.3. The third kappa shape index (κ3) is 4.45. The summed E-state index contributed by atoms with van der Waals surface area (Å²) in [6, 6.07) is 10.0. The molecule has 0 radical (unpaired) electrons. The van der Waals surface area contributed by atoms with Crippen molar-refractivity contribution in [1.29, 1.82) is 0 Å². The van der Waals surface area contributed by atoms with Crippen molar-refractivity contribution >= 4 is 22.5 Å². The molecule has 1 amide bonds. The Labute approximate surface area is 126 Å². The number of hydrogen-bond donors (Lipinski definition) is 2. The number of rotatable bonds is 4. The molecule has 4 heteroatoms. The van der Waals surface area contributed by atoms with Gasteiger partial charge in [-0.3, -0.25) is 9.78 Å². The third-order valence-corrected chi connectivity index (χ3v) is 3.03. The second-order valence-corrected chi connectivity index (χ2v) is 6.30. The van der Waals surface area contributed by atoms with Gasteiger partial charge in [-0.25, -0.2) is 0 Å². The van der Waals surface area contributed by atoms with E-state index in [1.807, 2.05) is 58.0 Å². The van der Waals surface area contributed by atoms with Gasteiger partial charge in [-0.1, -0.05) is 18.2 Å². The van der Waals surface area contributed by atoms with Gasteiger partial charge < -0.3 is 10.6 Å². The Balaban J connectivity index is 2.02. The number of benzene rings is 1. The van der Waals surface area contributed by atoms with E-state index in [9.17, 15) is 4.79 Å². The molecule has 0 aliphatic rings. The Kier molecular flexibility index (Phi) is 4.46. The van der Waals surface area contributed by atoms with Gasteiger partial charge in [0.05, 0.1) is 5.52 Å². The summed E-state index contributed by atoms with van der Waals surface area (Å²) < 4.78 is 0. The first kappa shape index (κ1) is 15.3. The topological polar surface area (TPSA) is 54.0 Å². The zero-order valence-corrected chi connectivity index (χ0v) is 13.2. The van der Waals surface area contributed by atoms with Crippen molar-refractivity contribution in [3.63, 3.8) is 0 Å². The van der Waals surface area contributed by atoms with Crippen LogP contribution in [0.2, 0.25) is 0 Å².